The lowest BCUT2D eigenvalue weighted by Gasteiger charge is -2.36. The molecule has 0 radical (unpaired) electrons. The molecule has 29 heavy (non-hydrogen) atoms. The molecule has 1 fully saturated rings. The summed E-state index contributed by atoms with van der Waals surface area (Å²) in [4.78, 5) is 30.3. The number of hydrogen-bond acceptors (Lipinski definition) is 5. The van der Waals surface area contributed by atoms with Crippen molar-refractivity contribution >= 4 is 35.0 Å². The Bertz CT molecular complexity index is 853. The van der Waals surface area contributed by atoms with Crippen LogP contribution < -0.4 is 15.5 Å². The van der Waals surface area contributed by atoms with Gasteiger partial charge in [-0.3, -0.25) is 14.5 Å². The number of benzene rings is 2. The first-order valence-corrected chi connectivity index (χ1v) is 10.9. The van der Waals surface area contributed by atoms with Crippen LogP contribution in [-0.4, -0.2) is 61.2 Å². The normalized spacial score (nSPS) is 19.4. The number of fused-ring (bicyclic) bond motifs is 1. The summed E-state index contributed by atoms with van der Waals surface area (Å²) in [5.41, 5.74) is 2.10. The highest BCUT2D eigenvalue weighted by Gasteiger charge is 2.28. The highest BCUT2D eigenvalue weighted by atomic mass is 32.2. The molecule has 0 aromatic heterocycles. The molecule has 2 aromatic carbocycles. The Hall–Kier alpha value is -2.51. The lowest BCUT2D eigenvalue weighted by atomic mass is 10.2. The molecule has 7 heteroatoms. The largest absolute Gasteiger partial charge is 0.369 e. The molecule has 0 saturated carbocycles. The zero-order valence-electron chi connectivity index (χ0n) is 16.3. The number of thioether (sulfide) groups is 1. The number of carbonyl (C=O) groups is 2. The third-order valence-electron chi connectivity index (χ3n) is 5.32. The van der Waals surface area contributed by atoms with Crippen LogP contribution in [0.1, 0.15) is 6.42 Å². The second-order valence-corrected chi connectivity index (χ2v) is 8.55. The average Bonchev–Trinajstić information content (AvgIpc) is 2.75. The van der Waals surface area contributed by atoms with E-state index >= 15 is 0 Å². The number of rotatable bonds is 6. The van der Waals surface area contributed by atoms with Crippen molar-refractivity contribution in [2.75, 3.05) is 49.5 Å². The Morgan fingerprint density at radius 2 is 1.76 bits per heavy atom. The first kappa shape index (κ1) is 19.8. The van der Waals surface area contributed by atoms with Gasteiger partial charge in [0.2, 0.25) is 11.8 Å². The van der Waals surface area contributed by atoms with Gasteiger partial charge in [-0.15, -0.1) is 11.8 Å². The van der Waals surface area contributed by atoms with E-state index in [1.807, 2.05) is 30.3 Å². The maximum Gasteiger partial charge on any atom is 0.238 e. The first-order valence-electron chi connectivity index (χ1n) is 10.0. The van der Waals surface area contributed by atoms with Gasteiger partial charge in [-0.1, -0.05) is 30.3 Å². The molecule has 2 N–H and O–H groups in total. The minimum absolute atomic E-state index is 0.0695. The number of piperazine rings is 1. The third kappa shape index (κ3) is 5.10. The fourth-order valence-electron chi connectivity index (χ4n) is 3.69. The summed E-state index contributed by atoms with van der Waals surface area (Å²) in [5.74, 6) is -0.166. The lowest BCUT2D eigenvalue weighted by molar-refractivity contribution is -0.124. The van der Waals surface area contributed by atoms with Gasteiger partial charge in [0.15, 0.2) is 0 Å². The predicted octanol–water partition coefficient (Wildman–Crippen LogP) is 2.43. The van der Waals surface area contributed by atoms with E-state index in [9.17, 15) is 9.59 Å². The summed E-state index contributed by atoms with van der Waals surface area (Å²) in [5, 5.41) is 5.49. The third-order valence-corrected chi connectivity index (χ3v) is 6.60. The van der Waals surface area contributed by atoms with Crippen LogP contribution in [-0.2, 0) is 9.59 Å². The average molecular weight is 411 g/mol. The van der Waals surface area contributed by atoms with Crippen molar-refractivity contribution in [2.45, 2.75) is 16.6 Å². The summed E-state index contributed by atoms with van der Waals surface area (Å²) in [6.45, 7) is 5.42. The van der Waals surface area contributed by atoms with Crippen LogP contribution in [0, 0.1) is 0 Å². The molecular weight excluding hydrogens is 384 g/mol. The standard InChI is InChI=1S/C22H26N4O2S/c27-21(16-20-22(28)24-18-8-4-5-9-19(18)29-20)23-10-11-25-12-14-26(15-13-25)17-6-2-1-3-7-17/h1-9,20H,10-16H2,(H,23,27)(H,24,28). The van der Waals surface area contributed by atoms with E-state index < -0.39 is 0 Å². The highest BCUT2D eigenvalue weighted by Crippen LogP contribution is 2.36. The van der Waals surface area contributed by atoms with Crippen LogP contribution in [0.15, 0.2) is 59.5 Å². The van der Waals surface area contributed by atoms with Crippen LogP contribution in [0.5, 0.6) is 0 Å². The number of amides is 2. The molecule has 0 spiro atoms. The van der Waals surface area contributed by atoms with Gasteiger partial charge in [-0.2, -0.15) is 0 Å². The van der Waals surface area contributed by atoms with Gasteiger partial charge in [0, 0.05) is 56.3 Å². The number of hydrogen-bond donors (Lipinski definition) is 2. The van der Waals surface area contributed by atoms with Gasteiger partial charge in [-0.05, 0) is 24.3 Å². The molecule has 2 aliphatic heterocycles. The van der Waals surface area contributed by atoms with Crippen molar-refractivity contribution in [3.05, 3.63) is 54.6 Å². The molecule has 2 heterocycles. The number of anilines is 2. The Labute approximate surface area is 175 Å². The first-order chi connectivity index (χ1) is 14.2. The summed E-state index contributed by atoms with van der Waals surface area (Å²) in [6.07, 6.45) is 0.201. The molecule has 0 bridgehead atoms. The van der Waals surface area contributed by atoms with Gasteiger partial charge in [-0.25, -0.2) is 0 Å². The Morgan fingerprint density at radius 3 is 2.55 bits per heavy atom. The summed E-state index contributed by atoms with van der Waals surface area (Å²) >= 11 is 1.46. The summed E-state index contributed by atoms with van der Waals surface area (Å²) in [6, 6.07) is 18.2. The van der Waals surface area contributed by atoms with Crippen LogP contribution in [0.3, 0.4) is 0 Å². The Morgan fingerprint density at radius 1 is 1.03 bits per heavy atom. The van der Waals surface area contributed by atoms with Gasteiger partial charge in [0.05, 0.1) is 10.9 Å². The van der Waals surface area contributed by atoms with Crippen molar-refractivity contribution < 1.29 is 9.59 Å². The van der Waals surface area contributed by atoms with Crippen molar-refractivity contribution in [3.8, 4) is 0 Å². The van der Waals surface area contributed by atoms with E-state index in [0.29, 0.717) is 6.54 Å². The summed E-state index contributed by atoms with van der Waals surface area (Å²) in [7, 11) is 0. The van der Waals surface area contributed by atoms with Crippen LogP contribution in [0.25, 0.3) is 0 Å². The molecule has 2 aliphatic rings. The highest BCUT2D eigenvalue weighted by molar-refractivity contribution is 8.01. The van der Waals surface area contributed by atoms with Gasteiger partial charge < -0.3 is 15.5 Å². The number of para-hydroxylation sites is 2. The summed E-state index contributed by atoms with van der Waals surface area (Å²) < 4.78 is 0. The molecule has 2 amide bonds. The second kappa shape index (κ2) is 9.33. The van der Waals surface area contributed by atoms with E-state index in [1.54, 1.807) is 0 Å². The molecule has 6 nitrogen and oxygen atoms in total. The molecule has 2 aromatic rings. The molecule has 4 rings (SSSR count). The van der Waals surface area contributed by atoms with Crippen molar-refractivity contribution in [3.63, 3.8) is 0 Å². The second-order valence-electron chi connectivity index (χ2n) is 7.31. The van der Waals surface area contributed by atoms with Gasteiger partial charge in [0.1, 0.15) is 0 Å². The fourth-order valence-corrected chi connectivity index (χ4v) is 4.80. The van der Waals surface area contributed by atoms with E-state index in [4.69, 9.17) is 0 Å². The van der Waals surface area contributed by atoms with Crippen LogP contribution in [0.2, 0.25) is 0 Å². The molecule has 0 aliphatic carbocycles. The Balaban J connectivity index is 1.17. The van der Waals surface area contributed by atoms with E-state index in [2.05, 4.69) is 44.7 Å². The van der Waals surface area contributed by atoms with Crippen LogP contribution in [0.4, 0.5) is 11.4 Å². The maximum atomic E-state index is 12.3. The molecule has 1 saturated heterocycles. The van der Waals surface area contributed by atoms with Crippen molar-refractivity contribution in [2.24, 2.45) is 0 Å². The number of nitrogens with zero attached hydrogens (tertiary/aromatic N) is 2. The van der Waals surface area contributed by atoms with E-state index in [0.717, 1.165) is 43.3 Å². The minimum atomic E-state index is -0.376. The molecule has 1 unspecified atom stereocenters. The van der Waals surface area contributed by atoms with Gasteiger partial charge in [0.25, 0.3) is 0 Å². The number of carbonyl (C=O) groups excluding carboxylic acids is 2. The SMILES string of the molecule is O=C(CC1Sc2ccccc2NC1=O)NCCN1CCN(c2ccccc2)CC1. The molecule has 1 atom stereocenters. The topological polar surface area (TPSA) is 64.7 Å². The number of nitrogens with one attached hydrogen (secondary N) is 2. The van der Waals surface area contributed by atoms with E-state index in [1.165, 1.54) is 17.4 Å². The Kier molecular flexibility index (Phi) is 6.36. The van der Waals surface area contributed by atoms with E-state index in [-0.39, 0.29) is 23.5 Å². The zero-order chi connectivity index (χ0) is 20.1. The lowest BCUT2D eigenvalue weighted by Crippen LogP contribution is -2.48. The minimum Gasteiger partial charge on any atom is -0.369 e. The molecular formula is C22H26N4O2S. The predicted molar refractivity (Wildman–Crippen MR) is 117 cm³/mol. The maximum absolute atomic E-state index is 12.3. The van der Waals surface area contributed by atoms with Crippen molar-refractivity contribution in [1.29, 1.82) is 0 Å². The quantitative estimate of drug-likeness (QED) is 0.766. The van der Waals surface area contributed by atoms with Gasteiger partial charge >= 0.3 is 0 Å². The van der Waals surface area contributed by atoms with Crippen molar-refractivity contribution in [1.82, 2.24) is 10.2 Å². The fraction of sp³-hybridized carbons (Fsp3) is 0.364. The molecule has 152 valence electrons. The smallest absolute Gasteiger partial charge is 0.238 e. The van der Waals surface area contributed by atoms with Crippen LogP contribution >= 0.6 is 11.8 Å². The zero-order valence-corrected chi connectivity index (χ0v) is 17.2. The monoisotopic (exact) mass is 410 g/mol.